The van der Waals surface area contributed by atoms with E-state index in [4.69, 9.17) is 4.52 Å². The van der Waals surface area contributed by atoms with Crippen LogP contribution in [-0.4, -0.2) is 19.5 Å². The largest absolute Gasteiger partial charge is 0.360 e. The van der Waals surface area contributed by atoms with Crippen molar-refractivity contribution in [2.45, 2.75) is 32.6 Å². The molecule has 2 N–H and O–H groups in total. The molecule has 0 spiro atoms. The summed E-state index contributed by atoms with van der Waals surface area (Å²) in [5, 5.41) is 6.54. The average Bonchev–Trinajstić information content (AvgIpc) is 2.98. The Morgan fingerprint density at radius 1 is 1.00 bits per heavy atom. The topological polar surface area (TPSA) is 101 Å². The fraction of sp³-hybridized carbons (Fsp3) is 0.200. The van der Waals surface area contributed by atoms with E-state index in [-0.39, 0.29) is 22.3 Å². The van der Waals surface area contributed by atoms with Crippen molar-refractivity contribution in [3.05, 3.63) is 70.6 Å². The van der Waals surface area contributed by atoms with Crippen LogP contribution in [0.5, 0.6) is 0 Å². The second-order valence-corrected chi connectivity index (χ2v) is 8.16. The lowest BCUT2D eigenvalue weighted by atomic mass is 10.1. The van der Waals surface area contributed by atoms with E-state index in [1.165, 1.54) is 19.1 Å². The summed E-state index contributed by atoms with van der Waals surface area (Å²) < 4.78 is 32.5. The smallest absolute Gasteiger partial charge is 0.267 e. The van der Waals surface area contributed by atoms with Crippen LogP contribution in [-0.2, 0) is 10.0 Å². The number of amides is 1. The SMILES string of the molecule is Cc1cccc(NC(=O)c2ccc(NS(=O)(=O)c3c(C)noc3C)cc2)c1C. The number of benzene rings is 2. The molecule has 2 aromatic carbocycles. The normalized spacial score (nSPS) is 11.3. The van der Waals surface area contributed by atoms with Crippen molar-refractivity contribution in [1.29, 1.82) is 0 Å². The summed E-state index contributed by atoms with van der Waals surface area (Å²) in [6.45, 7) is 7.02. The summed E-state index contributed by atoms with van der Waals surface area (Å²) in [6.07, 6.45) is 0. The van der Waals surface area contributed by atoms with Crippen LogP contribution in [0.2, 0.25) is 0 Å². The number of hydrogen-bond donors (Lipinski definition) is 2. The molecule has 8 heteroatoms. The highest BCUT2D eigenvalue weighted by molar-refractivity contribution is 7.92. The van der Waals surface area contributed by atoms with Gasteiger partial charge < -0.3 is 9.84 Å². The molecular weight excluding hydrogens is 378 g/mol. The van der Waals surface area contributed by atoms with Crippen molar-refractivity contribution in [3.63, 3.8) is 0 Å². The van der Waals surface area contributed by atoms with Gasteiger partial charge in [0.25, 0.3) is 15.9 Å². The van der Waals surface area contributed by atoms with Gasteiger partial charge in [0.15, 0.2) is 10.7 Å². The van der Waals surface area contributed by atoms with Gasteiger partial charge in [0.05, 0.1) is 0 Å². The first kappa shape index (κ1) is 19.6. The fourth-order valence-corrected chi connectivity index (χ4v) is 4.23. The molecule has 0 saturated carbocycles. The summed E-state index contributed by atoms with van der Waals surface area (Å²) >= 11 is 0. The standard InChI is InChI=1S/C20H21N3O4S/c1-12-6-5-7-18(13(12)2)21-20(24)16-8-10-17(11-9-16)23-28(25,26)19-14(3)22-27-15(19)4/h5-11,23H,1-4H3,(H,21,24). The fourth-order valence-electron chi connectivity index (χ4n) is 2.84. The molecular formula is C20H21N3O4S. The van der Waals surface area contributed by atoms with Crippen molar-refractivity contribution in [2.75, 3.05) is 10.0 Å². The molecule has 0 aliphatic rings. The molecule has 0 bridgehead atoms. The molecule has 0 fully saturated rings. The Kier molecular flexibility index (Phi) is 5.24. The molecule has 1 aromatic heterocycles. The highest BCUT2D eigenvalue weighted by atomic mass is 32.2. The number of nitrogens with one attached hydrogen (secondary N) is 2. The third kappa shape index (κ3) is 3.91. The number of hydrogen-bond acceptors (Lipinski definition) is 5. The molecule has 3 rings (SSSR count). The molecule has 0 aliphatic heterocycles. The Morgan fingerprint density at radius 3 is 2.29 bits per heavy atom. The number of anilines is 2. The second-order valence-electron chi connectivity index (χ2n) is 6.54. The minimum absolute atomic E-state index is 0.0178. The molecule has 7 nitrogen and oxygen atoms in total. The van der Waals surface area contributed by atoms with Crippen LogP contribution in [0.4, 0.5) is 11.4 Å². The number of sulfonamides is 1. The predicted octanol–water partition coefficient (Wildman–Crippen LogP) is 3.96. The van der Waals surface area contributed by atoms with Crippen LogP contribution >= 0.6 is 0 Å². The Balaban J connectivity index is 1.76. The minimum atomic E-state index is -3.83. The summed E-state index contributed by atoms with van der Waals surface area (Å²) in [7, 11) is -3.83. The number of aryl methyl sites for hydroxylation is 3. The van der Waals surface area contributed by atoms with E-state index < -0.39 is 10.0 Å². The molecule has 0 atom stereocenters. The van der Waals surface area contributed by atoms with Crippen molar-refractivity contribution >= 4 is 27.3 Å². The van der Waals surface area contributed by atoms with Crippen LogP contribution in [0.15, 0.2) is 51.9 Å². The second kappa shape index (κ2) is 7.47. The first-order valence-corrected chi connectivity index (χ1v) is 10.1. The van der Waals surface area contributed by atoms with E-state index in [2.05, 4.69) is 15.2 Å². The summed E-state index contributed by atoms with van der Waals surface area (Å²) in [4.78, 5) is 12.5. The van der Waals surface area contributed by atoms with E-state index in [1.807, 2.05) is 32.0 Å². The molecule has 0 unspecified atom stereocenters. The first-order valence-electron chi connectivity index (χ1n) is 8.62. The summed E-state index contributed by atoms with van der Waals surface area (Å²) in [6, 6.07) is 11.9. The quantitative estimate of drug-likeness (QED) is 0.676. The van der Waals surface area contributed by atoms with Gasteiger partial charge in [0, 0.05) is 16.9 Å². The zero-order valence-electron chi connectivity index (χ0n) is 16.0. The lowest BCUT2D eigenvalue weighted by molar-refractivity contribution is 0.102. The molecule has 1 amide bonds. The predicted molar refractivity (Wildman–Crippen MR) is 107 cm³/mol. The maximum absolute atomic E-state index is 12.5. The van der Waals surface area contributed by atoms with Gasteiger partial charge >= 0.3 is 0 Å². The zero-order valence-corrected chi connectivity index (χ0v) is 16.8. The number of carbonyl (C=O) groups excluding carboxylic acids is 1. The van der Waals surface area contributed by atoms with Gasteiger partial charge in [0.2, 0.25) is 0 Å². The van der Waals surface area contributed by atoms with Gasteiger partial charge in [-0.15, -0.1) is 0 Å². The van der Waals surface area contributed by atoms with Crippen LogP contribution in [0.25, 0.3) is 0 Å². The Morgan fingerprint density at radius 2 is 1.68 bits per heavy atom. The number of aromatic nitrogens is 1. The van der Waals surface area contributed by atoms with Gasteiger partial charge in [0.1, 0.15) is 5.69 Å². The highest BCUT2D eigenvalue weighted by Crippen LogP contribution is 2.23. The molecule has 0 aliphatic carbocycles. The maximum Gasteiger partial charge on any atom is 0.267 e. The number of carbonyl (C=O) groups is 1. The van der Waals surface area contributed by atoms with Gasteiger partial charge in [-0.05, 0) is 69.2 Å². The van der Waals surface area contributed by atoms with E-state index in [9.17, 15) is 13.2 Å². The third-order valence-electron chi connectivity index (χ3n) is 4.49. The van der Waals surface area contributed by atoms with Crippen LogP contribution in [0.1, 0.15) is 32.9 Å². The van der Waals surface area contributed by atoms with Crippen molar-refractivity contribution in [1.82, 2.24) is 5.16 Å². The monoisotopic (exact) mass is 399 g/mol. The molecule has 146 valence electrons. The van der Waals surface area contributed by atoms with E-state index in [0.29, 0.717) is 11.3 Å². The minimum Gasteiger partial charge on any atom is -0.360 e. The summed E-state index contributed by atoms with van der Waals surface area (Å²) in [5.41, 5.74) is 3.87. The molecule has 0 radical (unpaired) electrons. The van der Waals surface area contributed by atoms with Gasteiger partial charge in [-0.1, -0.05) is 17.3 Å². The van der Waals surface area contributed by atoms with E-state index >= 15 is 0 Å². The Hall–Kier alpha value is -3.13. The Labute approximate surface area is 163 Å². The third-order valence-corrected chi connectivity index (χ3v) is 6.11. The average molecular weight is 399 g/mol. The summed E-state index contributed by atoms with van der Waals surface area (Å²) in [5.74, 6) is -0.0525. The number of nitrogens with zero attached hydrogens (tertiary/aromatic N) is 1. The number of rotatable bonds is 5. The van der Waals surface area contributed by atoms with Crippen molar-refractivity contribution < 1.29 is 17.7 Å². The van der Waals surface area contributed by atoms with Crippen LogP contribution in [0.3, 0.4) is 0 Å². The van der Waals surface area contributed by atoms with E-state index in [0.717, 1.165) is 16.8 Å². The van der Waals surface area contributed by atoms with Crippen molar-refractivity contribution in [3.8, 4) is 0 Å². The van der Waals surface area contributed by atoms with Crippen LogP contribution in [0, 0.1) is 27.7 Å². The van der Waals surface area contributed by atoms with Gasteiger partial charge in [-0.25, -0.2) is 8.42 Å². The highest BCUT2D eigenvalue weighted by Gasteiger charge is 2.24. The lowest BCUT2D eigenvalue weighted by Crippen LogP contribution is -2.15. The maximum atomic E-state index is 12.5. The van der Waals surface area contributed by atoms with Gasteiger partial charge in [-0.2, -0.15) is 0 Å². The zero-order chi connectivity index (χ0) is 20.5. The lowest BCUT2D eigenvalue weighted by Gasteiger charge is -2.11. The molecule has 0 saturated heterocycles. The molecule has 28 heavy (non-hydrogen) atoms. The first-order chi connectivity index (χ1) is 13.2. The van der Waals surface area contributed by atoms with Crippen molar-refractivity contribution in [2.24, 2.45) is 0 Å². The van der Waals surface area contributed by atoms with Crippen LogP contribution < -0.4 is 10.0 Å². The molecule has 3 aromatic rings. The van der Waals surface area contributed by atoms with E-state index in [1.54, 1.807) is 19.1 Å². The molecule has 1 heterocycles. The Bertz CT molecular complexity index is 1110. The van der Waals surface area contributed by atoms with Gasteiger partial charge in [-0.3, -0.25) is 9.52 Å².